The van der Waals surface area contributed by atoms with Gasteiger partial charge in [-0.2, -0.15) is 0 Å². The van der Waals surface area contributed by atoms with Crippen LogP contribution >= 0.6 is 27.3 Å². The molecule has 17 heavy (non-hydrogen) atoms. The Morgan fingerprint density at radius 3 is 2.41 bits per heavy atom. The van der Waals surface area contributed by atoms with E-state index in [2.05, 4.69) is 50.1 Å². The van der Waals surface area contributed by atoms with E-state index in [1.807, 2.05) is 5.38 Å². The highest BCUT2D eigenvalue weighted by Crippen LogP contribution is 2.28. The van der Waals surface area contributed by atoms with Crippen LogP contribution in [-0.4, -0.2) is 18.1 Å². The van der Waals surface area contributed by atoms with Gasteiger partial charge in [0.1, 0.15) is 9.61 Å². The van der Waals surface area contributed by atoms with Crippen LogP contribution in [0.1, 0.15) is 12.8 Å². The van der Waals surface area contributed by atoms with E-state index in [0.29, 0.717) is 0 Å². The second-order valence-electron chi connectivity index (χ2n) is 4.22. The number of halogens is 1. The minimum atomic E-state index is 0.918. The summed E-state index contributed by atoms with van der Waals surface area (Å²) in [7, 11) is 0. The summed E-state index contributed by atoms with van der Waals surface area (Å²) < 4.78 is 0.918. The van der Waals surface area contributed by atoms with E-state index in [-0.39, 0.29) is 0 Å². The lowest BCUT2D eigenvalue weighted by molar-refractivity contribution is 0.949. The number of hydrogen-bond donors (Lipinski definition) is 0. The van der Waals surface area contributed by atoms with Crippen LogP contribution in [0, 0.1) is 0 Å². The third-order valence-corrected chi connectivity index (χ3v) is 4.66. The molecule has 2 aromatic rings. The van der Waals surface area contributed by atoms with E-state index < -0.39 is 0 Å². The van der Waals surface area contributed by atoms with E-state index in [4.69, 9.17) is 0 Å². The zero-order valence-corrected chi connectivity index (χ0v) is 11.8. The number of aromatic nitrogens is 1. The fourth-order valence-electron chi connectivity index (χ4n) is 2.18. The molecule has 88 valence electrons. The summed E-state index contributed by atoms with van der Waals surface area (Å²) >= 11 is 5.06. The fraction of sp³-hybridized carbons (Fsp3) is 0.308. The molecule has 1 aliphatic rings. The van der Waals surface area contributed by atoms with Gasteiger partial charge < -0.3 is 4.90 Å². The van der Waals surface area contributed by atoms with Crippen molar-refractivity contribution in [2.24, 2.45) is 0 Å². The summed E-state index contributed by atoms with van der Waals surface area (Å²) in [6.07, 6.45) is 2.64. The number of rotatable bonds is 2. The third-order valence-electron chi connectivity index (χ3n) is 3.06. The first-order chi connectivity index (χ1) is 8.33. The number of benzene rings is 1. The molecule has 2 heterocycles. The molecule has 1 aliphatic heterocycles. The Kier molecular flexibility index (Phi) is 3.16. The first-order valence-corrected chi connectivity index (χ1v) is 7.46. The molecule has 0 amide bonds. The van der Waals surface area contributed by atoms with E-state index in [1.165, 1.54) is 37.2 Å². The second-order valence-corrected chi connectivity index (χ2v) is 5.89. The highest BCUT2D eigenvalue weighted by molar-refractivity contribution is 9.10. The average Bonchev–Trinajstić information content (AvgIpc) is 3.00. The van der Waals surface area contributed by atoms with Crippen molar-refractivity contribution in [1.82, 2.24) is 4.98 Å². The van der Waals surface area contributed by atoms with Gasteiger partial charge in [-0.1, -0.05) is 0 Å². The molecule has 0 saturated carbocycles. The van der Waals surface area contributed by atoms with Crippen molar-refractivity contribution in [3.8, 4) is 10.6 Å². The summed E-state index contributed by atoms with van der Waals surface area (Å²) in [5, 5.41) is 3.09. The van der Waals surface area contributed by atoms with Crippen LogP contribution in [0.15, 0.2) is 34.2 Å². The fourth-order valence-corrected chi connectivity index (χ4v) is 3.44. The topological polar surface area (TPSA) is 16.1 Å². The first-order valence-electron chi connectivity index (χ1n) is 5.79. The Morgan fingerprint density at radius 1 is 1.12 bits per heavy atom. The molecule has 3 rings (SSSR count). The molecule has 0 N–H and O–H groups in total. The number of hydrogen-bond acceptors (Lipinski definition) is 3. The zero-order valence-electron chi connectivity index (χ0n) is 9.40. The van der Waals surface area contributed by atoms with Gasteiger partial charge in [-0.25, -0.2) is 4.98 Å². The Bertz CT molecular complexity index is 500. The van der Waals surface area contributed by atoms with Crippen molar-refractivity contribution in [3.05, 3.63) is 34.2 Å². The van der Waals surface area contributed by atoms with E-state index >= 15 is 0 Å². The van der Waals surface area contributed by atoms with Crippen molar-refractivity contribution in [2.45, 2.75) is 12.8 Å². The van der Waals surface area contributed by atoms with E-state index in [0.717, 1.165) is 9.61 Å². The molecule has 0 aliphatic carbocycles. The van der Waals surface area contributed by atoms with Crippen molar-refractivity contribution < 1.29 is 0 Å². The Labute approximate surface area is 113 Å². The molecule has 1 aromatic heterocycles. The molecule has 0 unspecified atom stereocenters. The molecule has 4 heteroatoms. The SMILES string of the molecule is Brc1csc(-c2ccc(N3CCCC3)cc2)n1. The van der Waals surface area contributed by atoms with Crippen LogP contribution in [0.4, 0.5) is 5.69 Å². The summed E-state index contributed by atoms with van der Waals surface area (Å²) in [6.45, 7) is 2.39. The minimum absolute atomic E-state index is 0.918. The van der Waals surface area contributed by atoms with Gasteiger partial charge in [0.25, 0.3) is 0 Å². The molecule has 1 fully saturated rings. The Balaban J connectivity index is 1.84. The minimum Gasteiger partial charge on any atom is -0.372 e. The Hall–Kier alpha value is -0.870. The lowest BCUT2D eigenvalue weighted by atomic mass is 10.2. The quantitative estimate of drug-likeness (QED) is 0.827. The summed E-state index contributed by atoms with van der Waals surface area (Å²) in [6, 6.07) is 8.74. The lowest BCUT2D eigenvalue weighted by Crippen LogP contribution is -2.17. The highest BCUT2D eigenvalue weighted by Gasteiger charge is 2.12. The van der Waals surface area contributed by atoms with Crippen molar-refractivity contribution in [2.75, 3.05) is 18.0 Å². The molecule has 2 nitrogen and oxygen atoms in total. The lowest BCUT2D eigenvalue weighted by Gasteiger charge is -2.17. The van der Waals surface area contributed by atoms with Crippen molar-refractivity contribution >= 4 is 33.0 Å². The predicted octanol–water partition coefficient (Wildman–Crippen LogP) is 4.17. The van der Waals surface area contributed by atoms with Crippen LogP contribution in [0.5, 0.6) is 0 Å². The molecule has 1 aromatic carbocycles. The van der Waals surface area contributed by atoms with Crippen LogP contribution in [0.3, 0.4) is 0 Å². The molecule has 0 radical (unpaired) electrons. The maximum Gasteiger partial charge on any atom is 0.124 e. The van der Waals surface area contributed by atoms with Gasteiger partial charge in [-0.15, -0.1) is 11.3 Å². The largest absolute Gasteiger partial charge is 0.372 e. The highest BCUT2D eigenvalue weighted by atomic mass is 79.9. The molecule has 1 saturated heterocycles. The third kappa shape index (κ3) is 2.38. The average molecular weight is 309 g/mol. The molecular formula is C13H13BrN2S. The summed E-state index contributed by atoms with van der Waals surface area (Å²) in [5.74, 6) is 0. The number of thiazole rings is 1. The van der Waals surface area contributed by atoms with Crippen molar-refractivity contribution in [3.63, 3.8) is 0 Å². The zero-order chi connectivity index (χ0) is 11.7. The van der Waals surface area contributed by atoms with Crippen LogP contribution in [-0.2, 0) is 0 Å². The maximum atomic E-state index is 4.43. The normalized spacial score (nSPS) is 15.5. The molecule has 0 atom stereocenters. The smallest absolute Gasteiger partial charge is 0.124 e. The van der Waals surface area contributed by atoms with Gasteiger partial charge in [0, 0.05) is 29.7 Å². The monoisotopic (exact) mass is 308 g/mol. The standard InChI is InChI=1S/C13H13BrN2S/c14-12-9-17-13(15-12)10-3-5-11(6-4-10)16-7-1-2-8-16/h3-6,9H,1-2,7-8H2. The van der Waals surface area contributed by atoms with Gasteiger partial charge in [-0.05, 0) is 53.0 Å². The molecule has 0 bridgehead atoms. The molecular weight excluding hydrogens is 296 g/mol. The van der Waals surface area contributed by atoms with E-state index in [9.17, 15) is 0 Å². The first kappa shape index (κ1) is 11.2. The van der Waals surface area contributed by atoms with E-state index in [1.54, 1.807) is 11.3 Å². The van der Waals surface area contributed by atoms with Crippen LogP contribution < -0.4 is 4.90 Å². The van der Waals surface area contributed by atoms with Crippen molar-refractivity contribution in [1.29, 1.82) is 0 Å². The summed E-state index contributed by atoms with van der Waals surface area (Å²) in [4.78, 5) is 6.88. The predicted molar refractivity (Wildman–Crippen MR) is 76.7 cm³/mol. The van der Waals surface area contributed by atoms with Gasteiger partial charge >= 0.3 is 0 Å². The number of anilines is 1. The van der Waals surface area contributed by atoms with Gasteiger partial charge in [0.05, 0.1) is 0 Å². The van der Waals surface area contributed by atoms with Gasteiger partial charge in [0.15, 0.2) is 0 Å². The van der Waals surface area contributed by atoms with Crippen LogP contribution in [0.25, 0.3) is 10.6 Å². The Morgan fingerprint density at radius 2 is 1.82 bits per heavy atom. The van der Waals surface area contributed by atoms with Gasteiger partial charge in [-0.3, -0.25) is 0 Å². The molecule has 0 spiro atoms. The second kappa shape index (κ2) is 4.78. The van der Waals surface area contributed by atoms with Crippen LogP contribution in [0.2, 0.25) is 0 Å². The summed E-state index contributed by atoms with van der Waals surface area (Å²) in [5.41, 5.74) is 2.53. The van der Waals surface area contributed by atoms with Gasteiger partial charge in [0.2, 0.25) is 0 Å². The number of nitrogens with zero attached hydrogens (tertiary/aromatic N) is 2. The maximum absolute atomic E-state index is 4.43.